The third-order valence-electron chi connectivity index (χ3n) is 3.32. The molecule has 0 amide bonds. The smallest absolute Gasteiger partial charge is 0.0599 e. The molecule has 0 fully saturated rings. The van der Waals surface area contributed by atoms with Crippen molar-refractivity contribution in [1.29, 1.82) is 0 Å². The van der Waals surface area contributed by atoms with E-state index in [9.17, 15) is 0 Å². The minimum Gasteiger partial charge on any atom is -0.309 e. The maximum Gasteiger partial charge on any atom is 0.0599 e. The summed E-state index contributed by atoms with van der Waals surface area (Å²) in [5.41, 5.74) is 2.78. The van der Waals surface area contributed by atoms with E-state index in [1.807, 2.05) is 29.7 Å². The number of thiophene rings is 2. The van der Waals surface area contributed by atoms with Crippen molar-refractivity contribution >= 4 is 32.8 Å². The zero-order chi connectivity index (χ0) is 12.5. The molecule has 1 nitrogen and oxygen atoms in total. The minimum atomic E-state index is 0.299. The van der Waals surface area contributed by atoms with E-state index < -0.39 is 0 Å². The third kappa shape index (κ3) is 1.88. The van der Waals surface area contributed by atoms with Gasteiger partial charge in [-0.25, -0.2) is 0 Å². The van der Waals surface area contributed by atoms with Crippen molar-refractivity contribution in [3.8, 4) is 0 Å². The topological polar surface area (TPSA) is 12.0 Å². The van der Waals surface area contributed by atoms with Gasteiger partial charge in [-0.3, -0.25) is 0 Å². The molecule has 0 radical (unpaired) electrons. The molecule has 2 heterocycles. The van der Waals surface area contributed by atoms with E-state index in [4.69, 9.17) is 0 Å². The molecular weight excluding hydrogens is 258 g/mol. The van der Waals surface area contributed by atoms with Crippen LogP contribution in [-0.4, -0.2) is 7.05 Å². The minimum absolute atomic E-state index is 0.299. The van der Waals surface area contributed by atoms with E-state index in [2.05, 4.69) is 53.3 Å². The highest BCUT2D eigenvalue weighted by Crippen LogP contribution is 2.35. The van der Waals surface area contributed by atoms with Gasteiger partial charge in [0, 0.05) is 9.58 Å². The Morgan fingerprint density at radius 3 is 2.61 bits per heavy atom. The summed E-state index contributed by atoms with van der Waals surface area (Å²) in [5, 5.41) is 9.27. The maximum absolute atomic E-state index is 3.45. The number of fused-ring (bicyclic) bond motifs is 1. The Kier molecular flexibility index (Phi) is 3.20. The Labute approximate surface area is 115 Å². The molecule has 2 aromatic heterocycles. The summed E-state index contributed by atoms with van der Waals surface area (Å²) in [6.07, 6.45) is 0. The second kappa shape index (κ2) is 4.84. The second-order valence-electron chi connectivity index (χ2n) is 4.34. The molecule has 0 saturated carbocycles. The number of aryl methyl sites for hydroxylation is 1. The Morgan fingerprint density at radius 1 is 1.06 bits per heavy atom. The van der Waals surface area contributed by atoms with E-state index in [0.29, 0.717) is 6.04 Å². The predicted molar refractivity (Wildman–Crippen MR) is 81.8 cm³/mol. The van der Waals surface area contributed by atoms with Gasteiger partial charge in [0.25, 0.3) is 0 Å². The van der Waals surface area contributed by atoms with Crippen molar-refractivity contribution in [3.05, 3.63) is 57.1 Å². The molecule has 0 aliphatic carbocycles. The predicted octanol–water partition coefficient (Wildman–Crippen LogP) is 4.58. The Hall–Kier alpha value is -1.16. The average Bonchev–Trinajstić information content (AvgIpc) is 2.99. The van der Waals surface area contributed by atoms with Crippen LogP contribution in [0.2, 0.25) is 0 Å². The van der Waals surface area contributed by atoms with Crippen molar-refractivity contribution in [2.75, 3.05) is 7.05 Å². The Balaban J connectivity index is 2.15. The zero-order valence-electron chi connectivity index (χ0n) is 10.4. The van der Waals surface area contributed by atoms with Gasteiger partial charge in [-0.15, -0.1) is 22.7 Å². The highest BCUT2D eigenvalue weighted by molar-refractivity contribution is 7.17. The van der Waals surface area contributed by atoms with E-state index in [0.717, 1.165) is 0 Å². The first-order valence-electron chi connectivity index (χ1n) is 5.98. The highest BCUT2D eigenvalue weighted by atomic mass is 32.1. The molecule has 92 valence electrons. The SMILES string of the molecule is CNC(c1ccsc1C)c1csc2ccccc12. The molecule has 0 bridgehead atoms. The lowest BCUT2D eigenvalue weighted by atomic mass is 9.99. The van der Waals surface area contributed by atoms with Gasteiger partial charge in [-0.05, 0) is 53.4 Å². The summed E-state index contributed by atoms with van der Waals surface area (Å²) in [6, 6.07) is 11.2. The lowest BCUT2D eigenvalue weighted by Crippen LogP contribution is -2.17. The summed E-state index contributed by atoms with van der Waals surface area (Å²) in [7, 11) is 2.04. The summed E-state index contributed by atoms with van der Waals surface area (Å²) in [5.74, 6) is 0. The molecule has 3 heteroatoms. The van der Waals surface area contributed by atoms with Gasteiger partial charge in [0.05, 0.1) is 6.04 Å². The normalized spacial score (nSPS) is 13.0. The number of rotatable bonds is 3. The molecule has 3 rings (SSSR count). The molecule has 0 saturated heterocycles. The van der Waals surface area contributed by atoms with E-state index in [1.165, 1.54) is 26.1 Å². The number of hydrogen-bond donors (Lipinski definition) is 1. The van der Waals surface area contributed by atoms with E-state index in [1.54, 1.807) is 0 Å². The molecule has 0 spiro atoms. The fraction of sp³-hybridized carbons (Fsp3) is 0.200. The molecule has 1 aromatic carbocycles. The highest BCUT2D eigenvalue weighted by Gasteiger charge is 2.18. The van der Waals surface area contributed by atoms with E-state index >= 15 is 0 Å². The summed E-state index contributed by atoms with van der Waals surface area (Å²) >= 11 is 3.64. The number of nitrogens with one attached hydrogen (secondary N) is 1. The summed E-state index contributed by atoms with van der Waals surface area (Å²) in [4.78, 5) is 1.39. The third-order valence-corrected chi connectivity index (χ3v) is 5.16. The van der Waals surface area contributed by atoms with Gasteiger partial charge in [0.15, 0.2) is 0 Å². The van der Waals surface area contributed by atoms with Crippen LogP contribution < -0.4 is 5.32 Å². The molecule has 1 unspecified atom stereocenters. The van der Waals surface area contributed by atoms with Crippen LogP contribution in [-0.2, 0) is 0 Å². The van der Waals surface area contributed by atoms with Crippen LogP contribution >= 0.6 is 22.7 Å². The Bertz CT molecular complexity index is 666. The van der Waals surface area contributed by atoms with Crippen LogP contribution in [0.15, 0.2) is 41.1 Å². The van der Waals surface area contributed by atoms with Gasteiger partial charge in [-0.2, -0.15) is 0 Å². The molecule has 0 aliphatic rings. The standard InChI is InChI=1S/C15H15NS2/c1-10-11(7-8-17-10)15(16-2)13-9-18-14-6-4-3-5-12(13)14/h3-9,15-16H,1-2H3. The van der Waals surface area contributed by atoms with Crippen molar-refractivity contribution < 1.29 is 0 Å². The number of benzene rings is 1. The van der Waals surface area contributed by atoms with Crippen molar-refractivity contribution in [3.63, 3.8) is 0 Å². The first-order valence-corrected chi connectivity index (χ1v) is 7.74. The maximum atomic E-state index is 3.45. The lowest BCUT2D eigenvalue weighted by molar-refractivity contribution is 0.698. The molecular formula is C15H15NS2. The van der Waals surface area contributed by atoms with Crippen molar-refractivity contribution in [2.45, 2.75) is 13.0 Å². The van der Waals surface area contributed by atoms with Gasteiger partial charge >= 0.3 is 0 Å². The molecule has 1 atom stereocenters. The fourth-order valence-electron chi connectivity index (χ4n) is 2.39. The quantitative estimate of drug-likeness (QED) is 0.736. The van der Waals surface area contributed by atoms with Crippen LogP contribution in [0, 0.1) is 6.92 Å². The monoisotopic (exact) mass is 273 g/mol. The second-order valence-corrected chi connectivity index (χ2v) is 6.37. The van der Waals surface area contributed by atoms with Crippen LogP contribution in [0.25, 0.3) is 10.1 Å². The molecule has 3 aromatic rings. The van der Waals surface area contributed by atoms with Crippen molar-refractivity contribution in [1.82, 2.24) is 5.32 Å². The Morgan fingerprint density at radius 2 is 1.89 bits per heavy atom. The van der Waals surface area contributed by atoms with Crippen LogP contribution in [0.3, 0.4) is 0 Å². The van der Waals surface area contributed by atoms with E-state index in [-0.39, 0.29) is 0 Å². The largest absolute Gasteiger partial charge is 0.309 e. The van der Waals surface area contributed by atoms with Gasteiger partial charge < -0.3 is 5.32 Å². The average molecular weight is 273 g/mol. The molecule has 1 N–H and O–H groups in total. The first-order chi connectivity index (χ1) is 8.81. The van der Waals surface area contributed by atoms with Gasteiger partial charge in [0.1, 0.15) is 0 Å². The van der Waals surface area contributed by atoms with Crippen molar-refractivity contribution in [2.24, 2.45) is 0 Å². The summed E-state index contributed by atoms with van der Waals surface area (Å²) in [6.45, 7) is 2.19. The van der Waals surface area contributed by atoms with Crippen LogP contribution in [0.1, 0.15) is 22.0 Å². The number of hydrogen-bond acceptors (Lipinski definition) is 3. The first kappa shape index (κ1) is 11.9. The van der Waals surface area contributed by atoms with Gasteiger partial charge in [0.2, 0.25) is 0 Å². The molecule has 0 aliphatic heterocycles. The summed E-state index contributed by atoms with van der Waals surface area (Å²) < 4.78 is 1.36. The van der Waals surface area contributed by atoms with Crippen LogP contribution in [0.5, 0.6) is 0 Å². The van der Waals surface area contributed by atoms with Gasteiger partial charge in [-0.1, -0.05) is 18.2 Å². The molecule has 18 heavy (non-hydrogen) atoms. The lowest BCUT2D eigenvalue weighted by Gasteiger charge is -2.16. The zero-order valence-corrected chi connectivity index (χ0v) is 12.1. The fourth-order valence-corrected chi connectivity index (χ4v) is 4.12. The van der Waals surface area contributed by atoms with Crippen LogP contribution in [0.4, 0.5) is 0 Å².